The minimum absolute atomic E-state index is 0.272. The summed E-state index contributed by atoms with van der Waals surface area (Å²) in [5.41, 5.74) is 9.90. The first-order valence-corrected chi connectivity index (χ1v) is 6.17. The van der Waals surface area contributed by atoms with Crippen LogP contribution in [0.15, 0.2) is 24.3 Å². The summed E-state index contributed by atoms with van der Waals surface area (Å²) in [5.74, 6) is 0.869. The second-order valence-electron chi connectivity index (χ2n) is 4.88. The maximum Gasteiger partial charge on any atom is 0.152 e. The Balaban J connectivity index is 2.39. The van der Waals surface area contributed by atoms with Crippen molar-refractivity contribution in [3.63, 3.8) is 0 Å². The number of aromatic nitrogens is 2. The van der Waals surface area contributed by atoms with E-state index in [0.717, 1.165) is 17.2 Å². The summed E-state index contributed by atoms with van der Waals surface area (Å²) in [6.45, 7) is 8.18. The number of aryl methyl sites for hydroxylation is 2. The second-order valence-corrected chi connectivity index (χ2v) is 4.88. The second kappa shape index (κ2) is 4.72. The van der Waals surface area contributed by atoms with Crippen molar-refractivity contribution in [3.8, 4) is 0 Å². The Kier molecular flexibility index (Phi) is 3.28. The summed E-state index contributed by atoms with van der Waals surface area (Å²) in [6, 6.07) is 8.48. The van der Waals surface area contributed by atoms with E-state index in [9.17, 15) is 0 Å². The van der Waals surface area contributed by atoms with E-state index in [4.69, 9.17) is 5.73 Å². The van der Waals surface area contributed by atoms with Crippen LogP contribution < -0.4 is 11.1 Å². The van der Waals surface area contributed by atoms with Crippen LogP contribution in [0.2, 0.25) is 0 Å². The zero-order valence-corrected chi connectivity index (χ0v) is 11.4. The van der Waals surface area contributed by atoms with Gasteiger partial charge in [0.25, 0.3) is 0 Å². The number of hydrogen-bond acceptors (Lipinski definition) is 3. The molecular weight excluding hydrogens is 224 g/mol. The van der Waals surface area contributed by atoms with E-state index in [-0.39, 0.29) is 6.04 Å². The number of nitrogens with zero attached hydrogens (tertiary/aromatic N) is 2. The van der Waals surface area contributed by atoms with Gasteiger partial charge in [0.05, 0.1) is 11.4 Å². The summed E-state index contributed by atoms with van der Waals surface area (Å²) >= 11 is 0. The quantitative estimate of drug-likeness (QED) is 0.870. The van der Waals surface area contributed by atoms with Crippen molar-refractivity contribution in [3.05, 3.63) is 35.5 Å². The number of nitrogen functional groups attached to an aromatic ring is 1. The van der Waals surface area contributed by atoms with Gasteiger partial charge in [-0.3, -0.25) is 0 Å². The number of nitrogens with one attached hydrogen (secondary N) is 1. The summed E-state index contributed by atoms with van der Waals surface area (Å²) in [5, 5.41) is 7.82. The topological polar surface area (TPSA) is 55.9 Å². The molecule has 2 aromatic rings. The normalized spacial score (nSPS) is 10.9. The monoisotopic (exact) mass is 244 g/mol. The molecule has 1 aromatic heterocycles. The minimum atomic E-state index is 0.272. The van der Waals surface area contributed by atoms with Crippen molar-refractivity contribution < 1.29 is 0 Å². The lowest BCUT2D eigenvalue weighted by molar-refractivity contribution is 0.536. The lowest BCUT2D eigenvalue weighted by atomic mass is 10.2. The molecule has 0 aliphatic carbocycles. The van der Waals surface area contributed by atoms with Crippen molar-refractivity contribution >= 4 is 17.2 Å². The maximum absolute atomic E-state index is 6.08. The van der Waals surface area contributed by atoms with Crippen LogP contribution in [-0.4, -0.2) is 9.78 Å². The van der Waals surface area contributed by atoms with E-state index in [1.54, 1.807) is 0 Å². The highest BCUT2D eigenvalue weighted by atomic mass is 15.4. The molecule has 0 unspecified atom stereocenters. The van der Waals surface area contributed by atoms with Gasteiger partial charge in [0.1, 0.15) is 0 Å². The maximum atomic E-state index is 6.08. The molecule has 0 amide bonds. The molecule has 1 heterocycles. The van der Waals surface area contributed by atoms with Gasteiger partial charge in [-0.25, -0.2) is 4.68 Å². The van der Waals surface area contributed by atoms with E-state index in [1.807, 2.05) is 23.7 Å². The fourth-order valence-corrected chi connectivity index (χ4v) is 1.92. The summed E-state index contributed by atoms with van der Waals surface area (Å²) in [7, 11) is 0. The van der Waals surface area contributed by atoms with Crippen LogP contribution in [0.3, 0.4) is 0 Å². The van der Waals surface area contributed by atoms with Crippen molar-refractivity contribution in [1.82, 2.24) is 9.78 Å². The third kappa shape index (κ3) is 2.32. The number of hydrogen-bond donors (Lipinski definition) is 2. The van der Waals surface area contributed by atoms with Crippen molar-refractivity contribution in [2.24, 2.45) is 0 Å². The van der Waals surface area contributed by atoms with Crippen molar-refractivity contribution in [2.45, 2.75) is 33.7 Å². The summed E-state index contributed by atoms with van der Waals surface area (Å²) in [4.78, 5) is 0. The van der Waals surface area contributed by atoms with Crippen molar-refractivity contribution in [2.75, 3.05) is 11.1 Å². The predicted molar refractivity (Wildman–Crippen MR) is 76.2 cm³/mol. The minimum Gasteiger partial charge on any atom is -0.394 e. The molecule has 4 heteroatoms. The van der Waals surface area contributed by atoms with Crippen LogP contribution in [0, 0.1) is 13.8 Å². The SMILES string of the molecule is Cc1cccc(Nc2c(N)c(C)nn2C(C)C)c1. The van der Waals surface area contributed by atoms with Gasteiger partial charge in [-0.05, 0) is 45.4 Å². The molecular formula is C14H20N4. The Morgan fingerprint density at radius 2 is 2.00 bits per heavy atom. The molecule has 3 N–H and O–H groups in total. The molecule has 1 aromatic carbocycles. The highest BCUT2D eigenvalue weighted by molar-refractivity contribution is 5.71. The van der Waals surface area contributed by atoms with Gasteiger partial charge < -0.3 is 11.1 Å². The number of nitrogens with two attached hydrogens (primary N) is 1. The lowest BCUT2D eigenvalue weighted by Gasteiger charge is -2.13. The van der Waals surface area contributed by atoms with Crippen LogP contribution in [0.4, 0.5) is 17.2 Å². The molecule has 0 aliphatic heterocycles. The Labute approximate surface area is 108 Å². The van der Waals surface area contributed by atoms with Crippen LogP contribution in [0.25, 0.3) is 0 Å². The number of benzene rings is 1. The molecule has 2 rings (SSSR count). The van der Waals surface area contributed by atoms with Crippen LogP contribution in [-0.2, 0) is 0 Å². The van der Waals surface area contributed by atoms with E-state index in [1.165, 1.54) is 5.56 Å². The number of rotatable bonds is 3. The highest BCUT2D eigenvalue weighted by Gasteiger charge is 2.14. The molecule has 0 aliphatic rings. The Morgan fingerprint density at radius 3 is 2.61 bits per heavy atom. The van der Waals surface area contributed by atoms with Gasteiger partial charge in [0, 0.05) is 11.7 Å². The van der Waals surface area contributed by atoms with Gasteiger partial charge in [-0.1, -0.05) is 12.1 Å². The average Bonchev–Trinajstić information content (AvgIpc) is 2.57. The molecule has 4 nitrogen and oxygen atoms in total. The fourth-order valence-electron chi connectivity index (χ4n) is 1.92. The third-order valence-corrected chi connectivity index (χ3v) is 2.90. The molecule has 0 spiro atoms. The van der Waals surface area contributed by atoms with E-state index in [0.29, 0.717) is 5.69 Å². The van der Waals surface area contributed by atoms with Gasteiger partial charge >= 0.3 is 0 Å². The molecule has 0 saturated heterocycles. The summed E-state index contributed by atoms with van der Waals surface area (Å²) in [6.07, 6.45) is 0. The van der Waals surface area contributed by atoms with Gasteiger partial charge in [0.15, 0.2) is 5.82 Å². The van der Waals surface area contributed by atoms with E-state index in [2.05, 4.69) is 43.3 Å². The standard InChI is InChI=1S/C14H20N4/c1-9(2)18-14(13(15)11(4)17-18)16-12-7-5-6-10(3)8-12/h5-9,16H,15H2,1-4H3. The van der Waals surface area contributed by atoms with E-state index >= 15 is 0 Å². The Hall–Kier alpha value is -1.97. The first-order valence-electron chi connectivity index (χ1n) is 6.17. The first-order chi connectivity index (χ1) is 8.49. The van der Waals surface area contributed by atoms with Gasteiger partial charge in [-0.2, -0.15) is 5.10 Å². The average molecular weight is 244 g/mol. The van der Waals surface area contributed by atoms with Gasteiger partial charge in [0.2, 0.25) is 0 Å². The Bertz CT molecular complexity index is 555. The third-order valence-electron chi connectivity index (χ3n) is 2.90. The largest absolute Gasteiger partial charge is 0.394 e. The summed E-state index contributed by atoms with van der Waals surface area (Å²) < 4.78 is 1.92. The molecule has 18 heavy (non-hydrogen) atoms. The van der Waals surface area contributed by atoms with E-state index < -0.39 is 0 Å². The molecule has 0 saturated carbocycles. The van der Waals surface area contributed by atoms with Crippen LogP contribution in [0.5, 0.6) is 0 Å². The lowest BCUT2D eigenvalue weighted by Crippen LogP contribution is -2.08. The molecule has 0 fully saturated rings. The molecule has 0 radical (unpaired) electrons. The van der Waals surface area contributed by atoms with Crippen LogP contribution >= 0.6 is 0 Å². The fraction of sp³-hybridized carbons (Fsp3) is 0.357. The predicted octanol–water partition coefficient (Wildman–Crippen LogP) is 3.41. The zero-order valence-electron chi connectivity index (χ0n) is 11.4. The zero-order chi connectivity index (χ0) is 13.3. The van der Waals surface area contributed by atoms with Crippen molar-refractivity contribution in [1.29, 1.82) is 0 Å². The highest BCUT2D eigenvalue weighted by Crippen LogP contribution is 2.28. The molecule has 0 bridgehead atoms. The number of anilines is 3. The molecule has 0 atom stereocenters. The molecule has 96 valence electrons. The smallest absolute Gasteiger partial charge is 0.152 e. The van der Waals surface area contributed by atoms with Crippen LogP contribution in [0.1, 0.15) is 31.1 Å². The Morgan fingerprint density at radius 1 is 1.28 bits per heavy atom. The van der Waals surface area contributed by atoms with Gasteiger partial charge in [-0.15, -0.1) is 0 Å². The first kappa shape index (κ1) is 12.5.